The lowest BCUT2D eigenvalue weighted by Crippen LogP contribution is -2.19. The van der Waals surface area contributed by atoms with Crippen LogP contribution in [0, 0.1) is 0 Å². The average molecular weight is 332 g/mol. The molecular weight excluding hydrogens is 318 g/mol. The van der Waals surface area contributed by atoms with E-state index in [1.54, 1.807) is 12.1 Å². The van der Waals surface area contributed by atoms with Gasteiger partial charge < -0.3 is 4.74 Å². The van der Waals surface area contributed by atoms with Gasteiger partial charge in [-0.25, -0.2) is 13.6 Å². The Labute approximate surface area is 115 Å². The monoisotopic (exact) mass is 331 g/mol. The molecule has 1 aliphatic carbocycles. The van der Waals surface area contributed by atoms with E-state index in [0.29, 0.717) is 10.2 Å². The first-order valence-corrected chi connectivity index (χ1v) is 7.96. The van der Waals surface area contributed by atoms with Gasteiger partial charge in [-0.2, -0.15) is 0 Å². The second-order valence-electron chi connectivity index (χ2n) is 4.15. The summed E-state index contributed by atoms with van der Waals surface area (Å²) in [5.41, 5.74) is 0. The molecule has 0 fully saturated rings. The minimum absolute atomic E-state index is 0.0100. The smallest absolute Gasteiger partial charge is 0.241 e. The quantitative estimate of drug-likeness (QED) is 0.865. The number of ether oxygens (including phenoxy) is 1. The Bertz CT molecular complexity index is 569. The van der Waals surface area contributed by atoms with E-state index in [1.165, 1.54) is 6.07 Å². The second-order valence-corrected chi connectivity index (χ2v) is 6.60. The lowest BCUT2D eigenvalue weighted by Gasteiger charge is -2.20. The zero-order chi connectivity index (χ0) is 13.2. The Morgan fingerprint density at radius 3 is 2.78 bits per heavy atom. The van der Waals surface area contributed by atoms with Crippen molar-refractivity contribution in [1.29, 1.82) is 0 Å². The van der Waals surface area contributed by atoms with Gasteiger partial charge in [0, 0.05) is 4.47 Å². The molecule has 0 bridgehead atoms. The van der Waals surface area contributed by atoms with Crippen molar-refractivity contribution in [3.63, 3.8) is 0 Å². The SMILES string of the molecule is NS(=O)(=O)c1cc(Br)ccc1OC1C=CCCC1. The van der Waals surface area contributed by atoms with Crippen LogP contribution in [-0.2, 0) is 10.0 Å². The van der Waals surface area contributed by atoms with E-state index >= 15 is 0 Å². The van der Waals surface area contributed by atoms with Gasteiger partial charge in [0.05, 0.1) is 0 Å². The van der Waals surface area contributed by atoms with Gasteiger partial charge >= 0.3 is 0 Å². The minimum atomic E-state index is -3.79. The predicted octanol–water partition coefficient (Wildman–Crippen LogP) is 2.58. The molecule has 0 aromatic heterocycles. The van der Waals surface area contributed by atoms with Crippen molar-refractivity contribution < 1.29 is 13.2 Å². The van der Waals surface area contributed by atoms with Crippen molar-refractivity contribution in [3.8, 4) is 5.75 Å². The summed E-state index contributed by atoms with van der Waals surface area (Å²) < 4.78 is 29.4. The Morgan fingerprint density at radius 1 is 1.39 bits per heavy atom. The maximum Gasteiger partial charge on any atom is 0.241 e. The third-order valence-corrected chi connectivity index (χ3v) is 4.13. The fraction of sp³-hybridized carbons (Fsp3) is 0.333. The van der Waals surface area contributed by atoms with Crippen LogP contribution in [0.2, 0.25) is 0 Å². The van der Waals surface area contributed by atoms with Crippen LogP contribution >= 0.6 is 15.9 Å². The third kappa shape index (κ3) is 3.34. The molecule has 0 saturated carbocycles. The maximum absolute atomic E-state index is 11.5. The highest BCUT2D eigenvalue weighted by Gasteiger charge is 2.18. The summed E-state index contributed by atoms with van der Waals surface area (Å²) in [5, 5.41) is 5.18. The van der Waals surface area contributed by atoms with E-state index in [9.17, 15) is 8.42 Å². The number of sulfonamides is 1. The molecule has 0 radical (unpaired) electrons. The zero-order valence-corrected chi connectivity index (χ0v) is 12.1. The maximum atomic E-state index is 11.5. The molecule has 0 heterocycles. The second kappa shape index (κ2) is 5.42. The highest BCUT2D eigenvalue weighted by atomic mass is 79.9. The molecule has 0 saturated heterocycles. The molecule has 1 aromatic carbocycles. The number of halogens is 1. The molecular formula is C12H14BrNO3S. The van der Waals surface area contributed by atoms with Gasteiger partial charge in [0.2, 0.25) is 10.0 Å². The van der Waals surface area contributed by atoms with E-state index in [-0.39, 0.29) is 11.0 Å². The Hall–Kier alpha value is -0.850. The number of benzene rings is 1. The van der Waals surface area contributed by atoms with Gasteiger partial charge in [0.1, 0.15) is 16.7 Å². The van der Waals surface area contributed by atoms with E-state index in [1.807, 2.05) is 12.2 Å². The summed E-state index contributed by atoms with van der Waals surface area (Å²) >= 11 is 3.22. The van der Waals surface area contributed by atoms with E-state index in [0.717, 1.165) is 19.3 Å². The highest BCUT2D eigenvalue weighted by Crippen LogP contribution is 2.29. The summed E-state index contributed by atoms with van der Waals surface area (Å²) in [4.78, 5) is 0.0100. The Balaban J connectivity index is 2.32. The van der Waals surface area contributed by atoms with Crippen molar-refractivity contribution in [3.05, 3.63) is 34.8 Å². The van der Waals surface area contributed by atoms with Gasteiger partial charge in [-0.15, -0.1) is 0 Å². The van der Waals surface area contributed by atoms with Gasteiger partial charge in [0.15, 0.2) is 0 Å². The van der Waals surface area contributed by atoms with Crippen LogP contribution in [0.15, 0.2) is 39.7 Å². The number of hydrogen-bond donors (Lipinski definition) is 1. The number of rotatable bonds is 3. The first kappa shape index (κ1) is 13.6. The van der Waals surface area contributed by atoms with Crippen molar-refractivity contribution >= 4 is 26.0 Å². The van der Waals surface area contributed by atoms with E-state index < -0.39 is 10.0 Å². The molecule has 2 N–H and O–H groups in total. The molecule has 1 atom stereocenters. The summed E-state index contributed by atoms with van der Waals surface area (Å²) in [6.45, 7) is 0. The topological polar surface area (TPSA) is 69.4 Å². The zero-order valence-electron chi connectivity index (χ0n) is 9.67. The molecule has 0 amide bonds. The lowest BCUT2D eigenvalue weighted by molar-refractivity contribution is 0.224. The number of nitrogens with two attached hydrogens (primary N) is 1. The molecule has 2 rings (SSSR count). The van der Waals surface area contributed by atoms with Gasteiger partial charge in [-0.05, 0) is 43.5 Å². The average Bonchev–Trinajstić information content (AvgIpc) is 2.31. The van der Waals surface area contributed by atoms with Crippen molar-refractivity contribution in [1.82, 2.24) is 0 Å². The van der Waals surface area contributed by atoms with Crippen LogP contribution in [0.5, 0.6) is 5.75 Å². The largest absolute Gasteiger partial charge is 0.485 e. The van der Waals surface area contributed by atoms with Crippen LogP contribution in [0.4, 0.5) is 0 Å². The van der Waals surface area contributed by atoms with Gasteiger partial charge in [0.25, 0.3) is 0 Å². The molecule has 4 nitrogen and oxygen atoms in total. The number of primary sulfonamides is 1. The van der Waals surface area contributed by atoms with E-state index in [2.05, 4.69) is 15.9 Å². The lowest BCUT2D eigenvalue weighted by atomic mass is 10.1. The number of allylic oxidation sites excluding steroid dienone is 1. The Morgan fingerprint density at radius 2 is 2.17 bits per heavy atom. The molecule has 0 aliphatic heterocycles. The van der Waals surface area contributed by atoms with Crippen LogP contribution in [0.1, 0.15) is 19.3 Å². The van der Waals surface area contributed by atoms with Crippen LogP contribution < -0.4 is 9.88 Å². The van der Waals surface area contributed by atoms with Crippen molar-refractivity contribution in [2.24, 2.45) is 5.14 Å². The van der Waals surface area contributed by atoms with E-state index in [4.69, 9.17) is 9.88 Å². The first-order chi connectivity index (χ1) is 8.47. The fourth-order valence-corrected chi connectivity index (χ4v) is 3.04. The van der Waals surface area contributed by atoms with Gasteiger partial charge in [-0.1, -0.05) is 22.0 Å². The summed E-state index contributed by atoms with van der Waals surface area (Å²) in [5.74, 6) is 0.303. The standard InChI is InChI=1S/C12H14BrNO3S/c13-9-6-7-11(12(8-9)18(14,15)16)17-10-4-2-1-3-5-10/h2,4,6-8,10H,1,3,5H2,(H2,14,15,16). The predicted molar refractivity (Wildman–Crippen MR) is 72.9 cm³/mol. The normalized spacial score (nSPS) is 19.8. The third-order valence-electron chi connectivity index (χ3n) is 2.70. The minimum Gasteiger partial charge on any atom is -0.485 e. The number of hydrogen-bond acceptors (Lipinski definition) is 3. The molecule has 1 unspecified atom stereocenters. The fourth-order valence-electron chi connectivity index (χ4n) is 1.84. The summed E-state index contributed by atoms with van der Waals surface area (Å²) in [6, 6.07) is 4.81. The molecule has 6 heteroatoms. The molecule has 1 aromatic rings. The highest BCUT2D eigenvalue weighted by molar-refractivity contribution is 9.10. The van der Waals surface area contributed by atoms with Gasteiger partial charge in [-0.3, -0.25) is 0 Å². The van der Waals surface area contributed by atoms with Crippen molar-refractivity contribution in [2.45, 2.75) is 30.3 Å². The molecule has 98 valence electrons. The summed E-state index contributed by atoms with van der Waals surface area (Å²) in [7, 11) is -3.79. The molecule has 18 heavy (non-hydrogen) atoms. The van der Waals surface area contributed by atoms with Crippen molar-refractivity contribution in [2.75, 3.05) is 0 Å². The van der Waals surface area contributed by atoms with Crippen LogP contribution in [0.3, 0.4) is 0 Å². The molecule has 0 spiro atoms. The Kier molecular flexibility index (Phi) is 4.09. The first-order valence-electron chi connectivity index (χ1n) is 5.62. The van der Waals surface area contributed by atoms with Crippen LogP contribution in [0.25, 0.3) is 0 Å². The summed E-state index contributed by atoms with van der Waals surface area (Å²) in [6.07, 6.45) is 6.89. The van der Waals surface area contributed by atoms with Crippen LogP contribution in [-0.4, -0.2) is 14.5 Å². The molecule has 1 aliphatic rings.